The zero-order chi connectivity index (χ0) is 15.2. The van der Waals surface area contributed by atoms with Gasteiger partial charge in [0, 0.05) is 29.7 Å². The number of rotatable bonds is 7. The molecule has 0 fully saturated rings. The van der Waals surface area contributed by atoms with Gasteiger partial charge in [0.1, 0.15) is 0 Å². The molecule has 0 amide bonds. The Labute approximate surface area is 131 Å². The number of nitrogens with two attached hydrogens (primary N) is 1. The van der Waals surface area contributed by atoms with Crippen LogP contribution in [-0.4, -0.2) is 15.8 Å². The largest absolute Gasteiger partial charge is 0.271 e. The van der Waals surface area contributed by atoms with Gasteiger partial charge >= 0.3 is 0 Å². The van der Waals surface area contributed by atoms with E-state index in [0.29, 0.717) is 6.04 Å². The van der Waals surface area contributed by atoms with Crippen LogP contribution in [0.1, 0.15) is 37.6 Å². The zero-order valence-corrected chi connectivity index (χ0v) is 13.3. The topological polar surface area (TPSA) is 55.9 Å². The summed E-state index contributed by atoms with van der Waals surface area (Å²) in [6.45, 7) is 4.33. The molecule has 1 heterocycles. The van der Waals surface area contributed by atoms with Gasteiger partial charge in [-0.3, -0.25) is 16.0 Å². The van der Waals surface area contributed by atoms with E-state index in [1.54, 1.807) is 0 Å². The van der Waals surface area contributed by atoms with E-state index >= 15 is 0 Å². The fourth-order valence-electron chi connectivity index (χ4n) is 2.29. The van der Waals surface area contributed by atoms with Crippen molar-refractivity contribution in [3.63, 3.8) is 0 Å². The number of hydrazine groups is 1. The normalized spacial score (nSPS) is 14.1. The van der Waals surface area contributed by atoms with E-state index in [9.17, 15) is 0 Å². The molecule has 4 nitrogen and oxygen atoms in total. The number of halogens is 1. The van der Waals surface area contributed by atoms with E-state index in [1.165, 1.54) is 0 Å². The van der Waals surface area contributed by atoms with Gasteiger partial charge < -0.3 is 0 Å². The van der Waals surface area contributed by atoms with Gasteiger partial charge in [0.05, 0.1) is 5.69 Å². The third kappa shape index (κ3) is 4.30. The molecule has 5 heteroatoms. The summed E-state index contributed by atoms with van der Waals surface area (Å²) in [6.07, 6.45) is 4.67. The van der Waals surface area contributed by atoms with Crippen molar-refractivity contribution in [3.05, 3.63) is 52.8 Å². The predicted molar refractivity (Wildman–Crippen MR) is 87.2 cm³/mol. The minimum Gasteiger partial charge on any atom is -0.271 e. The van der Waals surface area contributed by atoms with Gasteiger partial charge in [0.2, 0.25) is 0 Å². The highest BCUT2D eigenvalue weighted by molar-refractivity contribution is 6.31. The molecule has 0 aliphatic heterocycles. The molecule has 0 saturated carbocycles. The molecule has 2 rings (SSSR count). The summed E-state index contributed by atoms with van der Waals surface area (Å²) in [6, 6.07) is 10.5. The van der Waals surface area contributed by atoms with Crippen molar-refractivity contribution in [1.29, 1.82) is 0 Å². The van der Waals surface area contributed by atoms with Crippen LogP contribution in [0.5, 0.6) is 0 Å². The lowest BCUT2D eigenvalue weighted by molar-refractivity contribution is 0.464. The Morgan fingerprint density at radius 3 is 2.71 bits per heavy atom. The van der Waals surface area contributed by atoms with Crippen LogP contribution in [0.15, 0.2) is 36.5 Å². The maximum absolute atomic E-state index is 6.20. The first-order valence-corrected chi connectivity index (χ1v) is 7.75. The molecular weight excluding hydrogens is 284 g/mol. The molecule has 21 heavy (non-hydrogen) atoms. The summed E-state index contributed by atoms with van der Waals surface area (Å²) < 4.78 is 2.01. The molecule has 114 valence electrons. The van der Waals surface area contributed by atoms with E-state index in [4.69, 9.17) is 17.4 Å². The van der Waals surface area contributed by atoms with Gasteiger partial charge in [-0.1, -0.05) is 36.7 Å². The van der Waals surface area contributed by atoms with Gasteiger partial charge in [-0.05, 0) is 37.5 Å². The lowest BCUT2D eigenvalue weighted by Gasteiger charge is -2.15. The van der Waals surface area contributed by atoms with Crippen LogP contribution >= 0.6 is 11.6 Å². The Hall–Kier alpha value is -1.36. The van der Waals surface area contributed by atoms with E-state index in [-0.39, 0.29) is 6.04 Å². The van der Waals surface area contributed by atoms with E-state index in [2.05, 4.69) is 30.4 Å². The van der Waals surface area contributed by atoms with Crippen molar-refractivity contribution < 1.29 is 0 Å². The first-order chi connectivity index (χ1) is 10.1. The average molecular weight is 307 g/mol. The summed E-state index contributed by atoms with van der Waals surface area (Å²) >= 11 is 6.20. The van der Waals surface area contributed by atoms with Crippen LogP contribution in [0.3, 0.4) is 0 Å². The SMILES string of the molecule is CCC(C)n1ccc(CC(Cc2ccccc2Cl)NN)n1. The molecule has 0 spiro atoms. The third-order valence-electron chi connectivity index (χ3n) is 3.82. The van der Waals surface area contributed by atoms with E-state index in [1.807, 2.05) is 35.1 Å². The Bertz CT molecular complexity index is 567. The lowest BCUT2D eigenvalue weighted by Crippen LogP contribution is -2.38. The van der Waals surface area contributed by atoms with Crippen molar-refractivity contribution >= 4 is 11.6 Å². The first-order valence-electron chi connectivity index (χ1n) is 7.37. The number of hydrogen-bond acceptors (Lipinski definition) is 3. The van der Waals surface area contributed by atoms with Crippen molar-refractivity contribution in [2.75, 3.05) is 0 Å². The van der Waals surface area contributed by atoms with Crippen molar-refractivity contribution in [2.45, 2.75) is 45.2 Å². The number of aromatic nitrogens is 2. The number of nitrogens with one attached hydrogen (secondary N) is 1. The van der Waals surface area contributed by atoms with Crippen molar-refractivity contribution in [2.24, 2.45) is 5.84 Å². The van der Waals surface area contributed by atoms with Gasteiger partial charge in [0.25, 0.3) is 0 Å². The fraction of sp³-hybridized carbons (Fsp3) is 0.438. The smallest absolute Gasteiger partial charge is 0.0640 e. The first kappa shape index (κ1) is 16.0. The summed E-state index contributed by atoms with van der Waals surface area (Å²) in [4.78, 5) is 0. The number of benzene rings is 1. The Kier molecular flexibility index (Phi) is 5.79. The molecule has 1 aromatic heterocycles. The Balaban J connectivity index is 2.02. The maximum atomic E-state index is 6.20. The molecule has 0 radical (unpaired) electrons. The van der Waals surface area contributed by atoms with Gasteiger partial charge in [-0.25, -0.2) is 0 Å². The molecule has 2 atom stereocenters. The van der Waals surface area contributed by atoms with Crippen LogP contribution in [0.4, 0.5) is 0 Å². The van der Waals surface area contributed by atoms with Crippen LogP contribution in [0, 0.1) is 0 Å². The summed E-state index contributed by atoms with van der Waals surface area (Å²) in [7, 11) is 0. The van der Waals surface area contributed by atoms with Crippen molar-refractivity contribution in [3.8, 4) is 0 Å². The van der Waals surface area contributed by atoms with Crippen molar-refractivity contribution in [1.82, 2.24) is 15.2 Å². The fourth-order valence-corrected chi connectivity index (χ4v) is 2.50. The molecule has 2 aromatic rings. The molecule has 3 N–H and O–H groups in total. The molecular formula is C16H23ClN4. The highest BCUT2D eigenvalue weighted by Gasteiger charge is 2.13. The Morgan fingerprint density at radius 1 is 1.29 bits per heavy atom. The predicted octanol–water partition coefficient (Wildman–Crippen LogP) is 3.12. The quantitative estimate of drug-likeness (QED) is 0.610. The number of hydrogen-bond donors (Lipinski definition) is 2. The van der Waals surface area contributed by atoms with Gasteiger partial charge in [-0.15, -0.1) is 0 Å². The summed E-state index contributed by atoms with van der Waals surface area (Å²) in [5.74, 6) is 5.68. The van der Waals surface area contributed by atoms with E-state index in [0.717, 1.165) is 35.5 Å². The van der Waals surface area contributed by atoms with Gasteiger partial charge in [-0.2, -0.15) is 5.10 Å². The molecule has 1 aromatic carbocycles. The molecule has 2 unspecified atom stereocenters. The zero-order valence-electron chi connectivity index (χ0n) is 12.6. The second-order valence-corrected chi connectivity index (χ2v) is 5.81. The second-order valence-electron chi connectivity index (χ2n) is 5.41. The summed E-state index contributed by atoms with van der Waals surface area (Å²) in [5, 5.41) is 5.40. The maximum Gasteiger partial charge on any atom is 0.0640 e. The highest BCUT2D eigenvalue weighted by Crippen LogP contribution is 2.18. The molecule has 0 aliphatic rings. The molecule has 0 bridgehead atoms. The Morgan fingerprint density at radius 2 is 2.05 bits per heavy atom. The van der Waals surface area contributed by atoms with Crippen LogP contribution < -0.4 is 11.3 Å². The average Bonchev–Trinajstić information content (AvgIpc) is 2.96. The molecule has 0 aliphatic carbocycles. The van der Waals surface area contributed by atoms with Gasteiger partial charge in [0.15, 0.2) is 0 Å². The third-order valence-corrected chi connectivity index (χ3v) is 4.19. The summed E-state index contributed by atoms with van der Waals surface area (Å²) in [5.41, 5.74) is 5.02. The van der Waals surface area contributed by atoms with E-state index < -0.39 is 0 Å². The lowest BCUT2D eigenvalue weighted by atomic mass is 10.0. The second kappa shape index (κ2) is 7.59. The molecule has 0 saturated heterocycles. The van der Waals surface area contributed by atoms with Crippen LogP contribution in [0.25, 0.3) is 0 Å². The monoisotopic (exact) mass is 306 g/mol. The highest BCUT2D eigenvalue weighted by atomic mass is 35.5. The minimum absolute atomic E-state index is 0.116. The standard InChI is InChI=1S/C16H23ClN4/c1-3-12(2)21-9-8-14(20-21)11-15(19-18)10-13-6-4-5-7-16(13)17/h4-9,12,15,19H,3,10-11,18H2,1-2H3. The number of nitrogens with zero attached hydrogens (tertiary/aromatic N) is 2. The van der Waals surface area contributed by atoms with Crippen LogP contribution in [0.2, 0.25) is 5.02 Å². The minimum atomic E-state index is 0.116. The van der Waals surface area contributed by atoms with Crippen LogP contribution in [-0.2, 0) is 12.8 Å².